The second-order valence-electron chi connectivity index (χ2n) is 7.33. The summed E-state index contributed by atoms with van der Waals surface area (Å²) in [5, 5.41) is 14.2. The Morgan fingerprint density at radius 3 is 2.74 bits per heavy atom. The number of alkyl halides is 3. The number of imidazole rings is 1. The van der Waals surface area contributed by atoms with Crippen molar-refractivity contribution < 1.29 is 23.1 Å². The number of carbonyl (C=O) groups is 1. The molecule has 0 unspecified atom stereocenters. The van der Waals surface area contributed by atoms with Crippen molar-refractivity contribution in [1.82, 2.24) is 24.0 Å². The predicted octanol–water partition coefficient (Wildman–Crippen LogP) is 4.61. The zero-order valence-electron chi connectivity index (χ0n) is 15.7. The Labute approximate surface area is 177 Å². The maximum Gasteiger partial charge on any atom is 0.416 e. The molecule has 1 saturated carbocycles. The average Bonchev–Trinajstić information content (AvgIpc) is 3.31. The molecule has 0 aliphatic heterocycles. The van der Waals surface area contributed by atoms with Crippen LogP contribution in [0, 0.1) is 0 Å². The van der Waals surface area contributed by atoms with Crippen LogP contribution in [0.2, 0.25) is 5.15 Å². The second-order valence-corrected chi connectivity index (χ2v) is 7.71. The van der Waals surface area contributed by atoms with Crippen LogP contribution in [-0.2, 0) is 12.7 Å². The highest BCUT2D eigenvalue weighted by Gasteiger charge is 2.31. The summed E-state index contributed by atoms with van der Waals surface area (Å²) in [6.07, 6.45) is 0.591. The molecule has 1 amide bonds. The Morgan fingerprint density at radius 2 is 2.06 bits per heavy atom. The topological polar surface area (TPSA) is 88.0 Å². The first kappa shape index (κ1) is 19.6. The van der Waals surface area contributed by atoms with Gasteiger partial charge in [0.2, 0.25) is 0 Å². The van der Waals surface area contributed by atoms with E-state index in [1.165, 1.54) is 27.4 Å². The number of amides is 1. The van der Waals surface area contributed by atoms with Crippen molar-refractivity contribution in [3.63, 3.8) is 0 Å². The van der Waals surface area contributed by atoms with Crippen LogP contribution in [-0.4, -0.2) is 35.2 Å². The minimum Gasteiger partial charge on any atom is -0.465 e. The molecule has 0 atom stereocenters. The van der Waals surface area contributed by atoms with Gasteiger partial charge in [0.15, 0.2) is 5.65 Å². The first-order chi connectivity index (χ1) is 14.7. The highest BCUT2D eigenvalue weighted by Crippen LogP contribution is 2.42. The SMILES string of the molecule is O=C(O)N(Cc1cn2ccc(C(F)(F)F)cc2n1)c1cc(Cl)nc2c(C3CC3)cnn12. The van der Waals surface area contributed by atoms with Gasteiger partial charge in [0.25, 0.3) is 0 Å². The minimum absolute atomic E-state index is 0.0585. The molecular weight excluding hydrogens is 437 g/mol. The predicted molar refractivity (Wildman–Crippen MR) is 104 cm³/mol. The molecule has 4 aromatic heterocycles. The van der Waals surface area contributed by atoms with Crippen LogP contribution < -0.4 is 4.90 Å². The smallest absolute Gasteiger partial charge is 0.416 e. The van der Waals surface area contributed by atoms with E-state index in [1.54, 1.807) is 6.20 Å². The lowest BCUT2D eigenvalue weighted by atomic mass is 10.2. The first-order valence-electron chi connectivity index (χ1n) is 9.30. The number of nitrogens with zero attached hydrogens (tertiary/aromatic N) is 6. The van der Waals surface area contributed by atoms with E-state index in [0.29, 0.717) is 11.6 Å². The van der Waals surface area contributed by atoms with Crippen molar-refractivity contribution in [3.05, 3.63) is 58.8 Å². The summed E-state index contributed by atoms with van der Waals surface area (Å²) < 4.78 is 41.7. The molecule has 1 N–H and O–H groups in total. The molecule has 0 saturated heterocycles. The molecule has 0 radical (unpaired) electrons. The quantitative estimate of drug-likeness (QED) is 0.459. The van der Waals surface area contributed by atoms with Crippen LogP contribution in [0.4, 0.5) is 23.8 Å². The molecule has 1 fully saturated rings. The lowest BCUT2D eigenvalue weighted by molar-refractivity contribution is -0.137. The van der Waals surface area contributed by atoms with E-state index in [9.17, 15) is 23.1 Å². The van der Waals surface area contributed by atoms with Gasteiger partial charge in [0, 0.05) is 24.0 Å². The van der Waals surface area contributed by atoms with Gasteiger partial charge in [-0.1, -0.05) is 11.6 Å². The molecule has 5 rings (SSSR count). The molecule has 12 heteroatoms. The molecule has 0 spiro atoms. The average molecular weight is 451 g/mol. The van der Waals surface area contributed by atoms with Gasteiger partial charge in [-0.15, -0.1) is 0 Å². The number of carboxylic acid groups (broad SMARTS) is 1. The Hall–Kier alpha value is -3.34. The fourth-order valence-corrected chi connectivity index (χ4v) is 3.68. The lowest BCUT2D eigenvalue weighted by Gasteiger charge is -2.19. The van der Waals surface area contributed by atoms with E-state index >= 15 is 0 Å². The third-order valence-electron chi connectivity index (χ3n) is 5.13. The number of halogens is 4. The van der Waals surface area contributed by atoms with Crippen LogP contribution in [0.25, 0.3) is 11.3 Å². The Balaban J connectivity index is 1.55. The van der Waals surface area contributed by atoms with Gasteiger partial charge in [-0.25, -0.2) is 14.8 Å². The van der Waals surface area contributed by atoms with Crippen molar-refractivity contribution in [3.8, 4) is 0 Å². The Bertz CT molecular complexity index is 1330. The van der Waals surface area contributed by atoms with Crippen LogP contribution in [0.5, 0.6) is 0 Å². The first-order valence-corrected chi connectivity index (χ1v) is 9.68. The molecule has 8 nitrogen and oxygen atoms in total. The Kier molecular flexibility index (Phi) is 4.33. The van der Waals surface area contributed by atoms with E-state index in [0.717, 1.165) is 35.4 Å². The summed E-state index contributed by atoms with van der Waals surface area (Å²) in [5.74, 6) is 0.498. The van der Waals surface area contributed by atoms with E-state index in [2.05, 4.69) is 15.1 Å². The number of aromatic nitrogens is 5. The number of anilines is 1. The number of pyridine rings is 1. The summed E-state index contributed by atoms with van der Waals surface area (Å²) in [4.78, 5) is 21.5. The monoisotopic (exact) mass is 450 g/mol. The van der Waals surface area contributed by atoms with E-state index < -0.39 is 17.8 Å². The molecule has 1 aliphatic carbocycles. The van der Waals surface area contributed by atoms with Crippen molar-refractivity contribution in [2.45, 2.75) is 31.5 Å². The largest absolute Gasteiger partial charge is 0.465 e. The third-order valence-corrected chi connectivity index (χ3v) is 5.32. The van der Waals surface area contributed by atoms with E-state index in [-0.39, 0.29) is 28.9 Å². The van der Waals surface area contributed by atoms with Gasteiger partial charge in [-0.05, 0) is 30.9 Å². The minimum atomic E-state index is -4.50. The number of hydrogen-bond acceptors (Lipinski definition) is 4. The highest BCUT2D eigenvalue weighted by atomic mass is 35.5. The maximum absolute atomic E-state index is 13.0. The van der Waals surface area contributed by atoms with Crippen molar-refractivity contribution in [1.29, 1.82) is 0 Å². The fourth-order valence-electron chi connectivity index (χ4n) is 3.51. The second kappa shape index (κ2) is 6.84. The summed E-state index contributed by atoms with van der Waals surface area (Å²) in [6.45, 7) is -0.216. The number of hydrogen-bond donors (Lipinski definition) is 1. The van der Waals surface area contributed by atoms with Gasteiger partial charge in [-0.2, -0.15) is 22.8 Å². The molecule has 31 heavy (non-hydrogen) atoms. The molecule has 160 valence electrons. The van der Waals surface area contributed by atoms with Gasteiger partial charge >= 0.3 is 12.3 Å². The van der Waals surface area contributed by atoms with Crippen LogP contribution >= 0.6 is 11.6 Å². The molecule has 0 aromatic carbocycles. The van der Waals surface area contributed by atoms with Crippen molar-refractivity contribution in [2.75, 3.05) is 4.90 Å². The molecular formula is C19H14ClF3N6O2. The number of fused-ring (bicyclic) bond motifs is 2. The van der Waals surface area contributed by atoms with Crippen molar-refractivity contribution >= 4 is 34.8 Å². The summed E-state index contributed by atoms with van der Waals surface area (Å²) >= 11 is 6.16. The zero-order chi connectivity index (χ0) is 21.9. The molecule has 0 bridgehead atoms. The van der Waals surface area contributed by atoms with Gasteiger partial charge in [-0.3, -0.25) is 4.90 Å². The third kappa shape index (κ3) is 3.54. The van der Waals surface area contributed by atoms with Gasteiger partial charge in [0.05, 0.1) is 24.0 Å². The van der Waals surface area contributed by atoms with Crippen LogP contribution in [0.3, 0.4) is 0 Å². The number of rotatable bonds is 4. The maximum atomic E-state index is 13.0. The fraction of sp³-hybridized carbons (Fsp3) is 0.263. The normalized spacial score (nSPS) is 14.5. The molecule has 1 aliphatic rings. The van der Waals surface area contributed by atoms with Crippen molar-refractivity contribution in [2.24, 2.45) is 0 Å². The summed E-state index contributed by atoms with van der Waals surface area (Å²) in [5.41, 5.74) is 0.877. The van der Waals surface area contributed by atoms with Gasteiger partial charge < -0.3 is 9.51 Å². The molecule has 4 heterocycles. The van der Waals surface area contributed by atoms with E-state index in [4.69, 9.17) is 11.6 Å². The zero-order valence-corrected chi connectivity index (χ0v) is 16.5. The highest BCUT2D eigenvalue weighted by molar-refractivity contribution is 6.29. The van der Waals surface area contributed by atoms with Crippen LogP contribution in [0.15, 0.2) is 36.8 Å². The summed E-state index contributed by atoms with van der Waals surface area (Å²) in [6, 6.07) is 3.22. The lowest BCUT2D eigenvalue weighted by Crippen LogP contribution is -2.30. The summed E-state index contributed by atoms with van der Waals surface area (Å²) in [7, 11) is 0. The van der Waals surface area contributed by atoms with Gasteiger partial charge in [0.1, 0.15) is 16.6 Å². The van der Waals surface area contributed by atoms with Crippen LogP contribution in [0.1, 0.15) is 35.6 Å². The molecule has 4 aromatic rings. The standard InChI is InChI=1S/C19H14ClF3N6O2/c20-14-6-16(29-17(26-14)13(7-24-29)10-1-2-10)28(18(30)31)9-12-8-27-4-3-11(19(21,22)23)5-15(27)25-12/h3-8,10H,1-2,9H2,(H,30,31). The van der Waals surface area contributed by atoms with E-state index in [1.807, 2.05) is 0 Å². The Morgan fingerprint density at radius 1 is 1.29 bits per heavy atom.